The minimum Gasteiger partial charge on any atom is -0.488 e. The summed E-state index contributed by atoms with van der Waals surface area (Å²) < 4.78 is 22.0. The summed E-state index contributed by atoms with van der Waals surface area (Å²) in [5.41, 5.74) is 3.14. The Kier molecular flexibility index (Phi) is 5.76. The first-order valence-electron chi connectivity index (χ1n) is 9.08. The molecule has 0 aliphatic rings. The van der Waals surface area contributed by atoms with Crippen molar-refractivity contribution in [2.75, 3.05) is 0 Å². The van der Waals surface area contributed by atoms with E-state index in [0.717, 1.165) is 22.0 Å². The van der Waals surface area contributed by atoms with Crippen molar-refractivity contribution >= 4 is 34.1 Å². The van der Waals surface area contributed by atoms with Gasteiger partial charge in [0.2, 0.25) is 0 Å². The van der Waals surface area contributed by atoms with Gasteiger partial charge in [0.1, 0.15) is 18.2 Å². The second kappa shape index (κ2) is 8.46. The molecule has 0 aliphatic carbocycles. The molecule has 0 amide bonds. The zero-order valence-corrected chi connectivity index (χ0v) is 16.9. The van der Waals surface area contributed by atoms with Crippen LogP contribution in [0.1, 0.15) is 16.7 Å². The molecule has 1 heterocycles. The third-order valence-electron chi connectivity index (χ3n) is 4.80. The van der Waals surface area contributed by atoms with E-state index in [2.05, 4.69) is 0 Å². The van der Waals surface area contributed by atoms with Gasteiger partial charge >= 0.3 is 0 Å². The minimum absolute atomic E-state index is 0.0394. The number of ether oxygens (including phenoxy) is 1. The van der Waals surface area contributed by atoms with Crippen LogP contribution in [0.15, 0.2) is 66.9 Å². The lowest BCUT2D eigenvalue weighted by Gasteiger charge is -2.14. The van der Waals surface area contributed by atoms with Crippen LogP contribution in [0.5, 0.6) is 5.75 Å². The molecule has 29 heavy (non-hydrogen) atoms. The fraction of sp³-hybridized carbons (Fsp3) is 0.130. The van der Waals surface area contributed by atoms with Gasteiger partial charge < -0.3 is 14.4 Å². The zero-order chi connectivity index (χ0) is 20.4. The molecule has 0 saturated carbocycles. The summed E-state index contributed by atoms with van der Waals surface area (Å²) in [6.45, 7) is 0.535. The maximum atomic E-state index is 14.1. The smallest absolute Gasteiger partial charge is 0.131 e. The third-order valence-corrected chi connectivity index (χ3v) is 5.27. The maximum Gasteiger partial charge on any atom is 0.131 e. The van der Waals surface area contributed by atoms with Crippen LogP contribution in [0.4, 0.5) is 4.39 Å². The summed E-state index contributed by atoms with van der Waals surface area (Å²) in [5.74, 6) is 0.212. The van der Waals surface area contributed by atoms with Crippen LogP contribution < -0.4 is 4.74 Å². The highest BCUT2D eigenvalue weighted by Crippen LogP contribution is 2.28. The van der Waals surface area contributed by atoms with Gasteiger partial charge in [0.25, 0.3) is 0 Å². The molecule has 0 saturated heterocycles. The lowest BCUT2D eigenvalue weighted by Crippen LogP contribution is -2.04. The topological polar surface area (TPSA) is 34.4 Å². The van der Waals surface area contributed by atoms with Crippen molar-refractivity contribution in [1.29, 1.82) is 0 Å². The van der Waals surface area contributed by atoms with Crippen LogP contribution in [-0.2, 0) is 19.8 Å². The molecule has 3 nitrogen and oxygen atoms in total. The van der Waals surface area contributed by atoms with Crippen molar-refractivity contribution in [3.63, 3.8) is 0 Å². The van der Waals surface area contributed by atoms with Crippen molar-refractivity contribution in [2.24, 2.45) is 0 Å². The summed E-state index contributed by atoms with van der Waals surface area (Å²) in [6, 6.07) is 17.8. The number of nitrogens with zero attached hydrogens (tertiary/aromatic N) is 1. The minimum atomic E-state index is -0.406. The number of aliphatic hydroxyl groups is 1. The molecule has 6 heteroatoms. The van der Waals surface area contributed by atoms with E-state index < -0.39 is 5.82 Å². The fourth-order valence-corrected chi connectivity index (χ4v) is 3.72. The lowest BCUT2D eigenvalue weighted by molar-refractivity contribution is 0.283. The summed E-state index contributed by atoms with van der Waals surface area (Å²) in [5, 5.41) is 11.6. The van der Waals surface area contributed by atoms with Gasteiger partial charge in [-0.1, -0.05) is 47.5 Å². The Morgan fingerprint density at radius 2 is 1.66 bits per heavy atom. The van der Waals surface area contributed by atoms with Gasteiger partial charge in [-0.2, -0.15) is 0 Å². The predicted octanol–water partition coefficient (Wildman–Crippen LogP) is 6.21. The van der Waals surface area contributed by atoms with Gasteiger partial charge in [-0.25, -0.2) is 4.39 Å². The Bertz CT molecular complexity index is 1170. The van der Waals surface area contributed by atoms with Gasteiger partial charge in [-0.05, 0) is 36.4 Å². The number of benzene rings is 3. The lowest BCUT2D eigenvalue weighted by atomic mass is 10.2. The number of rotatable bonds is 6. The van der Waals surface area contributed by atoms with E-state index in [0.29, 0.717) is 27.9 Å². The van der Waals surface area contributed by atoms with Crippen LogP contribution in [0.2, 0.25) is 10.0 Å². The molecule has 1 N–H and O–H groups in total. The maximum absolute atomic E-state index is 14.1. The Balaban J connectivity index is 1.64. The van der Waals surface area contributed by atoms with Crippen molar-refractivity contribution in [3.05, 3.63) is 99.4 Å². The normalized spacial score (nSPS) is 11.2. The molecule has 4 aromatic rings. The molecule has 4 rings (SSSR count). The van der Waals surface area contributed by atoms with E-state index in [4.69, 9.17) is 27.9 Å². The first kappa shape index (κ1) is 19.8. The summed E-state index contributed by atoms with van der Waals surface area (Å²) >= 11 is 12.0. The molecule has 0 fully saturated rings. The van der Waals surface area contributed by atoms with E-state index in [1.54, 1.807) is 24.3 Å². The molecule has 148 valence electrons. The van der Waals surface area contributed by atoms with Crippen LogP contribution in [0.25, 0.3) is 10.9 Å². The Morgan fingerprint density at radius 3 is 2.45 bits per heavy atom. The van der Waals surface area contributed by atoms with Crippen LogP contribution in [0.3, 0.4) is 0 Å². The van der Waals surface area contributed by atoms with E-state index >= 15 is 0 Å². The highest BCUT2D eigenvalue weighted by Gasteiger charge is 2.12. The molecule has 0 aliphatic heterocycles. The van der Waals surface area contributed by atoms with Crippen molar-refractivity contribution in [1.82, 2.24) is 4.57 Å². The first-order chi connectivity index (χ1) is 14.0. The predicted molar refractivity (Wildman–Crippen MR) is 114 cm³/mol. The van der Waals surface area contributed by atoms with E-state index in [1.165, 1.54) is 6.07 Å². The molecule has 0 unspecified atom stereocenters. The molecular weight excluding hydrogens is 412 g/mol. The summed E-state index contributed by atoms with van der Waals surface area (Å²) in [4.78, 5) is 0. The van der Waals surface area contributed by atoms with Crippen molar-refractivity contribution < 1.29 is 14.2 Å². The monoisotopic (exact) mass is 429 g/mol. The first-order valence-corrected chi connectivity index (χ1v) is 9.83. The summed E-state index contributed by atoms with van der Waals surface area (Å²) in [7, 11) is 0. The zero-order valence-electron chi connectivity index (χ0n) is 15.4. The van der Waals surface area contributed by atoms with Crippen molar-refractivity contribution in [2.45, 2.75) is 19.8 Å². The van der Waals surface area contributed by atoms with E-state index in [1.807, 2.05) is 41.1 Å². The number of aromatic nitrogens is 1. The SMILES string of the molecule is OCc1cn(Cc2cc(Cl)ccc2OCc2ccc(Cl)cc2F)c2ccccc12. The Labute approximate surface area is 177 Å². The fourth-order valence-electron chi connectivity index (χ4n) is 3.37. The number of para-hydroxylation sites is 1. The number of aliphatic hydroxyl groups excluding tert-OH is 1. The Morgan fingerprint density at radius 1 is 0.897 bits per heavy atom. The molecule has 0 bridgehead atoms. The van der Waals surface area contributed by atoms with Gasteiger partial charge in [-0.3, -0.25) is 0 Å². The number of hydrogen-bond donors (Lipinski definition) is 1. The average Bonchev–Trinajstić information content (AvgIpc) is 3.06. The second-order valence-electron chi connectivity index (χ2n) is 6.73. The molecule has 1 aromatic heterocycles. The highest BCUT2D eigenvalue weighted by atomic mass is 35.5. The third kappa shape index (κ3) is 4.25. The standard InChI is InChI=1S/C23H18Cl2FNO2/c24-18-7-8-23(29-14-15-5-6-19(25)10-21(15)26)16(9-18)11-27-12-17(13-28)20-3-1-2-4-22(20)27/h1-10,12,28H,11,13-14H2. The Hall–Kier alpha value is -2.53. The van der Waals surface area contributed by atoms with Crippen molar-refractivity contribution in [3.8, 4) is 5.75 Å². The van der Waals surface area contributed by atoms with E-state index in [9.17, 15) is 9.50 Å². The van der Waals surface area contributed by atoms with Crippen LogP contribution >= 0.6 is 23.2 Å². The highest BCUT2D eigenvalue weighted by molar-refractivity contribution is 6.30. The van der Waals surface area contributed by atoms with Crippen LogP contribution in [0, 0.1) is 5.82 Å². The molecule has 0 radical (unpaired) electrons. The molecular formula is C23H18Cl2FNO2. The molecule has 0 atom stereocenters. The summed E-state index contributed by atoms with van der Waals surface area (Å²) in [6.07, 6.45) is 1.92. The molecule has 0 spiro atoms. The second-order valence-corrected chi connectivity index (χ2v) is 7.61. The van der Waals surface area contributed by atoms with Gasteiger partial charge in [0.15, 0.2) is 0 Å². The number of hydrogen-bond acceptors (Lipinski definition) is 2. The van der Waals surface area contributed by atoms with Crippen LogP contribution in [-0.4, -0.2) is 9.67 Å². The van der Waals surface area contributed by atoms with Gasteiger partial charge in [0, 0.05) is 43.8 Å². The van der Waals surface area contributed by atoms with E-state index in [-0.39, 0.29) is 13.2 Å². The van der Waals surface area contributed by atoms with Gasteiger partial charge in [0.05, 0.1) is 13.2 Å². The number of halogens is 3. The van der Waals surface area contributed by atoms with Gasteiger partial charge in [-0.15, -0.1) is 0 Å². The number of fused-ring (bicyclic) bond motifs is 1. The molecule has 3 aromatic carbocycles. The largest absolute Gasteiger partial charge is 0.488 e. The average molecular weight is 430 g/mol. The quantitative estimate of drug-likeness (QED) is 0.395.